The van der Waals surface area contributed by atoms with E-state index in [4.69, 9.17) is 28.9 Å². The van der Waals surface area contributed by atoms with Gasteiger partial charge in [-0.2, -0.15) is 0 Å². The number of hydrogen-bond donors (Lipinski definition) is 1. The molecule has 0 aliphatic carbocycles. The van der Waals surface area contributed by atoms with Crippen LogP contribution in [0.2, 0.25) is 10.0 Å². The first-order valence-corrected chi connectivity index (χ1v) is 6.59. The summed E-state index contributed by atoms with van der Waals surface area (Å²) in [5, 5.41) is 11.8. The van der Waals surface area contributed by atoms with Crippen molar-refractivity contribution in [3.63, 3.8) is 0 Å². The van der Waals surface area contributed by atoms with Crippen LogP contribution in [0.15, 0.2) is 40.3 Å². The Morgan fingerprint density at radius 1 is 1.26 bits per heavy atom. The minimum absolute atomic E-state index is 0.0149. The van der Waals surface area contributed by atoms with Crippen LogP contribution in [0, 0.1) is 10.1 Å². The van der Waals surface area contributed by atoms with Gasteiger partial charge in [-0.3, -0.25) is 10.1 Å². The SMILES string of the molecule is Nc1nc(Sc2ccccc2[N+](=O)[O-])c(Cl)cc1Cl. The molecule has 0 aliphatic rings. The Kier molecular flexibility index (Phi) is 4.14. The fourth-order valence-corrected chi connectivity index (χ4v) is 2.71. The van der Waals surface area contributed by atoms with Crippen LogP contribution in [0.25, 0.3) is 0 Å². The molecule has 0 atom stereocenters. The summed E-state index contributed by atoms with van der Waals surface area (Å²) < 4.78 is 0. The first-order valence-electron chi connectivity index (χ1n) is 5.02. The van der Waals surface area contributed by atoms with E-state index in [0.29, 0.717) is 14.9 Å². The Morgan fingerprint density at radius 2 is 1.95 bits per heavy atom. The highest BCUT2D eigenvalue weighted by molar-refractivity contribution is 7.99. The standard InChI is InChI=1S/C11H7Cl2N3O2S/c12-6-5-7(13)11(15-10(6)14)19-9-4-2-1-3-8(9)16(17)18/h1-5H,(H2,14,15). The molecule has 0 fully saturated rings. The number of benzene rings is 1. The largest absolute Gasteiger partial charge is 0.382 e. The van der Waals surface area contributed by atoms with Crippen molar-refractivity contribution in [1.29, 1.82) is 0 Å². The summed E-state index contributed by atoms with van der Waals surface area (Å²) in [6.07, 6.45) is 0. The predicted molar refractivity (Wildman–Crippen MR) is 75.9 cm³/mol. The summed E-state index contributed by atoms with van der Waals surface area (Å²) in [7, 11) is 0. The maximum Gasteiger partial charge on any atom is 0.283 e. The monoisotopic (exact) mass is 315 g/mol. The van der Waals surface area contributed by atoms with Crippen LogP contribution in [0.3, 0.4) is 0 Å². The molecule has 0 spiro atoms. The Balaban J connectivity index is 2.42. The normalized spacial score (nSPS) is 10.4. The van der Waals surface area contributed by atoms with Crippen molar-refractivity contribution in [3.05, 3.63) is 50.5 Å². The van der Waals surface area contributed by atoms with Gasteiger partial charge in [0, 0.05) is 6.07 Å². The number of pyridine rings is 1. The molecule has 0 amide bonds. The molecule has 8 heteroatoms. The summed E-state index contributed by atoms with van der Waals surface area (Å²) in [5.41, 5.74) is 5.58. The molecule has 2 aromatic rings. The van der Waals surface area contributed by atoms with Gasteiger partial charge in [0.2, 0.25) is 0 Å². The lowest BCUT2D eigenvalue weighted by molar-refractivity contribution is -0.387. The molecule has 2 rings (SSSR count). The number of anilines is 1. The van der Waals surface area contributed by atoms with Gasteiger partial charge >= 0.3 is 0 Å². The lowest BCUT2D eigenvalue weighted by Gasteiger charge is -2.06. The molecule has 1 aromatic carbocycles. The molecule has 0 saturated heterocycles. The van der Waals surface area contributed by atoms with E-state index in [1.54, 1.807) is 18.2 Å². The van der Waals surface area contributed by atoms with E-state index in [9.17, 15) is 10.1 Å². The highest BCUT2D eigenvalue weighted by atomic mass is 35.5. The molecule has 98 valence electrons. The van der Waals surface area contributed by atoms with Gasteiger partial charge in [0.1, 0.15) is 10.8 Å². The van der Waals surface area contributed by atoms with Crippen molar-refractivity contribution >= 4 is 46.5 Å². The van der Waals surface area contributed by atoms with E-state index in [0.717, 1.165) is 11.8 Å². The van der Waals surface area contributed by atoms with Crippen molar-refractivity contribution in [2.75, 3.05) is 5.73 Å². The van der Waals surface area contributed by atoms with Gasteiger partial charge in [-0.1, -0.05) is 47.1 Å². The third kappa shape index (κ3) is 3.09. The number of halogens is 2. The highest BCUT2D eigenvalue weighted by Crippen LogP contribution is 2.38. The minimum atomic E-state index is -0.463. The van der Waals surface area contributed by atoms with Crippen molar-refractivity contribution < 1.29 is 4.92 Å². The number of nitrogen functional groups attached to an aromatic ring is 1. The van der Waals surface area contributed by atoms with Crippen molar-refractivity contribution in [3.8, 4) is 0 Å². The zero-order chi connectivity index (χ0) is 14.0. The second kappa shape index (κ2) is 5.64. The summed E-state index contributed by atoms with van der Waals surface area (Å²) >= 11 is 12.8. The van der Waals surface area contributed by atoms with E-state index < -0.39 is 4.92 Å². The number of rotatable bonds is 3. The number of hydrogen-bond acceptors (Lipinski definition) is 5. The average Bonchev–Trinajstić information content (AvgIpc) is 2.36. The van der Waals surface area contributed by atoms with Gasteiger partial charge in [-0.15, -0.1) is 0 Å². The van der Waals surface area contributed by atoms with E-state index in [1.807, 2.05) is 0 Å². The van der Waals surface area contributed by atoms with E-state index in [-0.39, 0.29) is 16.5 Å². The third-order valence-corrected chi connectivity index (χ3v) is 3.97. The molecular weight excluding hydrogens is 309 g/mol. The van der Waals surface area contributed by atoms with Gasteiger partial charge in [-0.25, -0.2) is 4.98 Å². The van der Waals surface area contributed by atoms with Gasteiger partial charge in [0.05, 0.1) is 19.9 Å². The average molecular weight is 316 g/mol. The number of nitrogens with zero attached hydrogens (tertiary/aromatic N) is 2. The molecule has 2 N–H and O–H groups in total. The zero-order valence-corrected chi connectivity index (χ0v) is 11.7. The molecule has 5 nitrogen and oxygen atoms in total. The second-order valence-corrected chi connectivity index (χ2v) is 5.31. The second-order valence-electron chi connectivity index (χ2n) is 3.47. The minimum Gasteiger partial charge on any atom is -0.382 e. The molecular formula is C11H7Cl2N3O2S. The van der Waals surface area contributed by atoms with Crippen LogP contribution >= 0.6 is 35.0 Å². The van der Waals surface area contributed by atoms with Crippen LogP contribution < -0.4 is 5.73 Å². The Bertz CT molecular complexity index is 652. The van der Waals surface area contributed by atoms with Crippen molar-refractivity contribution in [1.82, 2.24) is 4.98 Å². The molecule has 1 aromatic heterocycles. The van der Waals surface area contributed by atoms with Gasteiger partial charge in [-0.05, 0) is 12.1 Å². The molecule has 0 aliphatic heterocycles. The number of nitro groups is 1. The predicted octanol–water partition coefficient (Wildman–Crippen LogP) is 4.03. The summed E-state index contributed by atoms with van der Waals surface area (Å²) in [5.74, 6) is 0.132. The summed E-state index contributed by atoms with van der Waals surface area (Å²) in [6, 6.07) is 7.78. The van der Waals surface area contributed by atoms with Gasteiger partial charge in [0.25, 0.3) is 5.69 Å². The topological polar surface area (TPSA) is 82.0 Å². The molecule has 19 heavy (non-hydrogen) atoms. The highest BCUT2D eigenvalue weighted by Gasteiger charge is 2.16. The van der Waals surface area contributed by atoms with Crippen molar-refractivity contribution in [2.24, 2.45) is 0 Å². The molecule has 0 radical (unpaired) electrons. The molecule has 0 bridgehead atoms. The Labute approximate surface area is 122 Å². The summed E-state index contributed by atoms with van der Waals surface area (Å²) in [4.78, 5) is 14.9. The van der Waals surface area contributed by atoms with Gasteiger partial charge in [0.15, 0.2) is 0 Å². The zero-order valence-electron chi connectivity index (χ0n) is 9.34. The number of para-hydroxylation sites is 1. The van der Waals surface area contributed by atoms with Crippen LogP contribution in [-0.2, 0) is 0 Å². The maximum atomic E-state index is 10.9. The van der Waals surface area contributed by atoms with E-state index in [2.05, 4.69) is 4.98 Å². The number of aromatic nitrogens is 1. The first kappa shape index (κ1) is 13.9. The van der Waals surface area contributed by atoms with Crippen molar-refractivity contribution in [2.45, 2.75) is 9.92 Å². The van der Waals surface area contributed by atoms with E-state index in [1.165, 1.54) is 12.1 Å². The van der Waals surface area contributed by atoms with Crippen LogP contribution in [0.4, 0.5) is 11.5 Å². The van der Waals surface area contributed by atoms with Gasteiger partial charge < -0.3 is 5.73 Å². The van der Waals surface area contributed by atoms with E-state index >= 15 is 0 Å². The smallest absolute Gasteiger partial charge is 0.283 e. The number of nitrogens with two attached hydrogens (primary N) is 1. The Hall–Kier alpha value is -1.50. The molecule has 1 heterocycles. The van der Waals surface area contributed by atoms with Crippen LogP contribution in [0.5, 0.6) is 0 Å². The summed E-state index contributed by atoms with van der Waals surface area (Å²) in [6.45, 7) is 0. The first-order chi connectivity index (χ1) is 8.99. The molecule has 0 saturated carbocycles. The lowest BCUT2D eigenvalue weighted by Crippen LogP contribution is -1.95. The fraction of sp³-hybridized carbons (Fsp3) is 0. The Morgan fingerprint density at radius 3 is 2.63 bits per heavy atom. The maximum absolute atomic E-state index is 10.9. The quantitative estimate of drug-likeness (QED) is 0.683. The third-order valence-electron chi connectivity index (χ3n) is 2.19. The molecule has 0 unspecified atom stereocenters. The number of nitro benzene ring substituents is 1. The lowest BCUT2D eigenvalue weighted by atomic mass is 10.3. The van der Waals surface area contributed by atoms with Crippen LogP contribution in [-0.4, -0.2) is 9.91 Å². The fourth-order valence-electron chi connectivity index (χ4n) is 1.33. The van der Waals surface area contributed by atoms with Crippen LogP contribution in [0.1, 0.15) is 0 Å².